The summed E-state index contributed by atoms with van der Waals surface area (Å²) >= 11 is 4.99. The highest BCUT2D eigenvalue weighted by Crippen LogP contribution is 2.12. The first-order valence-corrected chi connectivity index (χ1v) is 5.30. The van der Waals surface area contributed by atoms with Crippen LogP contribution in [0.5, 0.6) is 5.75 Å². The van der Waals surface area contributed by atoms with Gasteiger partial charge < -0.3 is 27.5 Å². The van der Waals surface area contributed by atoms with Crippen molar-refractivity contribution in [3.63, 3.8) is 0 Å². The lowest BCUT2D eigenvalue weighted by Crippen LogP contribution is -2.50. The van der Waals surface area contributed by atoms with Crippen LogP contribution in [-0.4, -0.2) is 35.0 Å². The van der Waals surface area contributed by atoms with Crippen molar-refractivity contribution < 1.29 is 13.8 Å². The lowest BCUT2D eigenvalue weighted by molar-refractivity contribution is -0.667. The van der Waals surface area contributed by atoms with Gasteiger partial charge in [-0.15, -0.1) is 0 Å². The molecule has 0 heterocycles. The molecule has 0 aliphatic rings. The minimum atomic E-state index is -0.614. The highest BCUT2D eigenvalue weighted by molar-refractivity contribution is 7.52. The Morgan fingerprint density at radius 2 is 1.94 bits per heavy atom. The Morgan fingerprint density at radius 1 is 1.44 bits per heavy atom. The fourth-order valence-corrected chi connectivity index (χ4v) is 1.51. The molecule has 0 radical (unpaired) electrons. The number of aromatic hydroxyl groups is 1. The maximum absolute atomic E-state index is 11.7. The number of likely N-dealkylation sites (N-methyl/N-ethyl adjacent to an activating group) is 1. The normalized spacial score (nSPS) is 13.5. The van der Waals surface area contributed by atoms with Gasteiger partial charge in [-0.3, -0.25) is 0 Å². The molecule has 0 fully saturated rings. The smallest absolute Gasteiger partial charge is 0.312 e. The second kappa shape index (κ2) is 4.86. The van der Waals surface area contributed by atoms with Gasteiger partial charge in [0.05, 0.1) is 14.1 Å². The maximum atomic E-state index is 11.7. The van der Waals surface area contributed by atoms with E-state index in [2.05, 4.69) is 0 Å². The Morgan fingerprint density at radius 3 is 2.38 bits per heavy atom. The monoisotopic (exact) mass is 240 g/mol. The van der Waals surface area contributed by atoms with E-state index in [1.165, 1.54) is 0 Å². The molecule has 3 N–H and O–H groups in total. The van der Waals surface area contributed by atoms with E-state index >= 15 is 0 Å². The van der Waals surface area contributed by atoms with Crippen LogP contribution in [0.25, 0.3) is 0 Å². The van der Waals surface area contributed by atoms with E-state index in [1.54, 1.807) is 38.4 Å². The zero-order valence-electron chi connectivity index (χ0n) is 9.38. The molecule has 1 atom stereocenters. The molecule has 0 saturated heterocycles. The lowest BCUT2D eigenvalue weighted by Gasteiger charge is -2.34. The van der Waals surface area contributed by atoms with E-state index in [9.17, 15) is 4.79 Å². The SMILES string of the molecule is C[N+](C)([S-])C(=O)[C@@H](N)Cc1ccc(O)cc1. The fourth-order valence-electron chi connectivity index (χ4n) is 1.37. The zero-order valence-corrected chi connectivity index (χ0v) is 10.2. The summed E-state index contributed by atoms with van der Waals surface area (Å²) in [6.45, 7) is 0. The maximum Gasteiger partial charge on any atom is 0.312 e. The molecule has 0 unspecified atom stereocenters. The molecule has 0 aromatic heterocycles. The molecule has 0 aliphatic heterocycles. The highest BCUT2D eigenvalue weighted by atomic mass is 32.1. The molecule has 0 saturated carbocycles. The van der Waals surface area contributed by atoms with E-state index in [-0.39, 0.29) is 15.5 Å². The zero-order chi connectivity index (χ0) is 12.3. The van der Waals surface area contributed by atoms with E-state index in [1.807, 2.05) is 0 Å². The van der Waals surface area contributed by atoms with Crippen LogP contribution < -0.4 is 5.73 Å². The van der Waals surface area contributed by atoms with Gasteiger partial charge in [-0.1, -0.05) is 12.1 Å². The predicted octanol–water partition coefficient (Wildman–Crippen LogP) is 0.327. The number of nitrogens with zero attached hydrogens (tertiary/aromatic N) is 1. The van der Waals surface area contributed by atoms with Gasteiger partial charge in [0.1, 0.15) is 11.8 Å². The first-order chi connectivity index (χ1) is 7.30. The van der Waals surface area contributed by atoms with Crippen LogP contribution in [0.3, 0.4) is 0 Å². The van der Waals surface area contributed by atoms with Gasteiger partial charge in [-0.2, -0.15) is 0 Å². The molecule has 1 aromatic carbocycles. The minimum absolute atomic E-state index is 0.192. The summed E-state index contributed by atoms with van der Waals surface area (Å²) in [4.78, 5) is 11.7. The molecular weight excluding hydrogens is 224 g/mol. The second-order valence-electron chi connectivity index (χ2n) is 4.17. The average Bonchev–Trinajstić information content (AvgIpc) is 2.19. The van der Waals surface area contributed by atoms with Crippen molar-refractivity contribution in [3.05, 3.63) is 29.8 Å². The average molecular weight is 240 g/mol. The molecule has 5 heteroatoms. The second-order valence-corrected chi connectivity index (χ2v) is 5.08. The number of quaternary nitrogens is 1. The van der Waals surface area contributed by atoms with E-state index in [4.69, 9.17) is 23.7 Å². The summed E-state index contributed by atoms with van der Waals surface area (Å²) in [6, 6.07) is 6.01. The first-order valence-electron chi connectivity index (χ1n) is 4.93. The summed E-state index contributed by atoms with van der Waals surface area (Å²) in [6.07, 6.45) is 0.428. The van der Waals surface area contributed by atoms with Gasteiger partial charge >= 0.3 is 5.91 Å². The van der Waals surface area contributed by atoms with Crippen LogP contribution in [0.15, 0.2) is 24.3 Å². The van der Waals surface area contributed by atoms with Crippen molar-refractivity contribution in [2.75, 3.05) is 14.1 Å². The Hall–Kier alpha value is -1.04. The van der Waals surface area contributed by atoms with Crippen LogP contribution in [0.2, 0.25) is 0 Å². The van der Waals surface area contributed by atoms with Gasteiger partial charge in [-0.25, -0.2) is 4.79 Å². The van der Waals surface area contributed by atoms with E-state index in [0.717, 1.165) is 5.56 Å². The number of hydrogen-bond acceptors (Lipinski definition) is 4. The molecule has 88 valence electrons. The van der Waals surface area contributed by atoms with Crippen molar-refractivity contribution in [1.82, 2.24) is 0 Å². The predicted molar refractivity (Wildman–Crippen MR) is 64.3 cm³/mol. The number of rotatable bonds is 3. The van der Waals surface area contributed by atoms with Gasteiger partial charge in [-0.05, 0) is 17.7 Å². The molecule has 0 spiro atoms. The third kappa shape index (κ3) is 3.52. The fraction of sp³-hybridized carbons (Fsp3) is 0.364. The Balaban J connectivity index is 2.68. The molecular formula is C11H16N2O2S. The summed E-state index contributed by atoms with van der Waals surface area (Å²) in [5, 5.41) is 9.11. The quantitative estimate of drug-likeness (QED) is 0.590. The minimum Gasteiger partial charge on any atom is -0.508 e. The third-order valence-corrected chi connectivity index (χ3v) is 2.42. The van der Waals surface area contributed by atoms with Crippen molar-refractivity contribution in [2.45, 2.75) is 12.5 Å². The first kappa shape index (κ1) is 13.0. The standard InChI is InChI=1S/C11H16N2O2S/c1-13(2,16)11(15)10(12)7-8-3-5-9(14)6-4-8/h3-6,10,14H,7,12H2,1-2H3/t10-/m0/s1. The molecule has 1 rings (SSSR count). The number of amides is 1. The molecule has 4 nitrogen and oxygen atoms in total. The lowest BCUT2D eigenvalue weighted by atomic mass is 10.1. The van der Waals surface area contributed by atoms with Gasteiger partial charge in [0.2, 0.25) is 0 Å². The van der Waals surface area contributed by atoms with Gasteiger partial charge in [0, 0.05) is 6.42 Å². The molecule has 0 aliphatic carbocycles. The van der Waals surface area contributed by atoms with Crippen LogP contribution in [-0.2, 0) is 24.0 Å². The summed E-state index contributed by atoms with van der Waals surface area (Å²) in [5.74, 6) is 0.00565. The Labute approximate surface area is 101 Å². The highest BCUT2D eigenvalue weighted by Gasteiger charge is 2.23. The van der Waals surface area contributed by atoms with Crippen LogP contribution in [0.1, 0.15) is 5.56 Å². The number of phenolic OH excluding ortho intramolecular Hbond substituents is 1. The van der Waals surface area contributed by atoms with E-state index in [0.29, 0.717) is 6.42 Å². The Bertz CT molecular complexity index is 371. The van der Waals surface area contributed by atoms with Crippen LogP contribution in [0.4, 0.5) is 0 Å². The summed E-state index contributed by atoms with van der Waals surface area (Å²) < 4.78 is -0.195. The topological polar surface area (TPSA) is 63.3 Å². The third-order valence-electron chi connectivity index (χ3n) is 2.24. The molecule has 16 heavy (non-hydrogen) atoms. The van der Waals surface area contributed by atoms with Crippen molar-refractivity contribution in [2.24, 2.45) is 5.73 Å². The summed E-state index contributed by atoms with van der Waals surface area (Å²) in [5.41, 5.74) is 6.68. The number of phenols is 1. The van der Waals surface area contributed by atoms with Crippen molar-refractivity contribution >= 4 is 18.7 Å². The molecule has 1 amide bonds. The summed E-state index contributed by atoms with van der Waals surface area (Å²) in [7, 11) is 3.24. The molecule has 1 aromatic rings. The van der Waals surface area contributed by atoms with Crippen LogP contribution in [0, 0.1) is 0 Å². The number of hydrogen-bond donors (Lipinski definition) is 2. The van der Waals surface area contributed by atoms with E-state index < -0.39 is 6.04 Å². The number of carbonyl (C=O) groups excluding carboxylic acids is 1. The largest absolute Gasteiger partial charge is 0.508 e. The van der Waals surface area contributed by atoms with Crippen molar-refractivity contribution in [1.29, 1.82) is 0 Å². The van der Waals surface area contributed by atoms with Gasteiger partial charge in [0.25, 0.3) is 0 Å². The number of carbonyl (C=O) groups is 1. The number of benzene rings is 1. The van der Waals surface area contributed by atoms with Crippen LogP contribution >= 0.6 is 0 Å². The number of nitrogens with two attached hydrogens (primary N) is 1. The molecule has 0 bridgehead atoms. The Kier molecular flexibility index (Phi) is 3.96. The van der Waals surface area contributed by atoms with Crippen molar-refractivity contribution in [3.8, 4) is 5.75 Å². The van der Waals surface area contributed by atoms with Gasteiger partial charge in [0.15, 0.2) is 0 Å².